The molecule has 20 heavy (non-hydrogen) atoms. The molecule has 112 valence electrons. The summed E-state index contributed by atoms with van der Waals surface area (Å²) >= 11 is 5.86. The molecule has 2 nitrogen and oxygen atoms in total. The molecular formula is C16H24ClFN2. The molecule has 0 aromatic heterocycles. The second kappa shape index (κ2) is 6.00. The average molecular weight is 299 g/mol. The maximum Gasteiger partial charge on any atom is 0.141 e. The van der Waals surface area contributed by atoms with Crippen molar-refractivity contribution in [2.45, 2.75) is 46.3 Å². The molecule has 2 rings (SSSR count). The van der Waals surface area contributed by atoms with Crippen LogP contribution in [0.15, 0.2) is 18.2 Å². The van der Waals surface area contributed by atoms with Crippen LogP contribution in [-0.4, -0.2) is 30.1 Å². The lowest BCUT2D eigenvalue weighted by Crippen LogP contribution is -2.59. The summed E-state index contributed by atoms with van der Waals surface area (Å²) in [6.45, 7) is 11.8. The van der Waals surface area contributed by atoms with E-state index in [-0.39, 0.29) is 16.3 Å². The third-order valence-electron chi connectivity index (χ3n) is 4.12. The van der Waals surface area contributed by atoms with Gasteiger partial charge in [-0.25, -0.2) is 4.39 Å². The molecule has 4 heteroatoms. The molecule has 0 spiro atoms. The van der Waals surface area contributed by atoms with E-state index >= 15 is 0 Å². The number of piperazine rings is 1. The number of nitrogens with zero attached hydrogens (tertiary/aromatic N) is 1. The molecule has 1 aliphatic heterocycles. The lowest BCUT2D eigenvalue weighted by atomic mass is 9.84. The highest BCUT2D eigenvalue weighted by Crippen LogP contribution is 2.25. The van der Waals surface area contributed by atoms with Crippen molar-refractivity contribution >= 4 is 11.6 Å². The van der Waals surface area contributed by atoms with E-state index in [1.807, 2.05) is 6.07 Å². The summed E-state index contributed by atoms with van der Waals surface area (Å²) in [7, 11) is 0. The predicted octanol–water partition coefficient (Wildman–Crippen LogP) is 3.69. The molecular weight excluding hydrogens is 275 g/mol. The zero-order chi connectivity index (χ0) is 14.9. The van der Waals surface area contributed by atoms with Crippen LogP contribution in [0.5, 0.6) is 0 Å². The van der Waals surface area contributed by atoms with E-state index in [9.17, 15) is 4.39 Å². The zero-order valence-electron chi connectivity index (χ0n) is 12.7. The molecule has 2 unspecified atom stereocenters. The van der Waals surface area contributed by atoms with E-state index in [1.165, 1.54) is 6.07 Å². The fourth-order valence-electron chi connectivity index (χ4n) is 2.59. The predicted molar refractivity (Wildman–Crippen MR) is 82.5 cm³/mol. The first-order valence-corrected chi connectivity index (χ1v) is 7.56. The highest BCUT2D eigenvalue weighted by Gasteiger charge is 2.32. The molecule has 0 saturated carbocycles. The van der Waals surface area contributed by atoms with Gasteiger partial charge in [0.1, 0.15) is 5.82 Å². The third-order valence-corrected chi connectivity index (χ3v) is 4.40. The number of halogens is 2. The summed E-state index contributed by atoms with van der Waals surface area (Å²) < 4.78 is 13.2. The Morgan fingerprint density at radius 2 is 2.10 bits per heavy atom. The van der Waals surface area contributed by atoms with Crippen molar-refractivity contribution < 1.29 is 4.39 Å². The summed E-state index contributed by atoms with van der Waals surface area (Å²) in [5.74, 6) is -0.351. The molecule has 0 bridgehead atoms. The van der Waals surface area contributed by atoms with Crippen LogP contribution in [-0.2, 0) is 6.54 Å². The number of rotatable bonds is 2. The minimum Gasteiger partial charge on any atom is -0.311 e. The second-order valence-corrected chi connectivity index (χ2v) is 7.26. The van der Waals surface area contributed by atoms with Crippen LogP contribution in [0.4, 0.5) is 4.39 Å². The highest BCUT2D eigenvalue weighted by atomic mass is 35.5. The van der Waals surface area contributed by atoms with Gasteiger partial charge >= 0.3 is 0 Å². The van der Waals surface area contributed by atoms with Gasteiger partial charge in [0.2, 0.25) is 0 Å². The van der Waals surface area contributed by atoms with Gasteiger partial charge in [-0.05, 0) is 30.0 Å². The molecule has 2 atom stereocenters. The summed E-state index contributed by atoms with van der Waals surface area (Å²) in [6.07, 6.45) is 0. The fourth-order valence-corrected chi connectivity index (χ4v) is 2.80. The van der Waals surface area contributed by atoms with Crippen LogP contribution < -0.4 is 5.32 Å². The van der Waals surface area contributed by atoms with Gasteiger partial charge in [0, 0.05) is 31.7 Å². The summed E-state index contributed by atoms with van der Waals surface area (Å²) in [6, 6.07) is 5.94. The van der Waals surface area contributed by atoms with E-state index in [0.717, 1.165) is 25.2 Å². The molecule has 1 saturated heterocycles. The fraction of sp³-hybridized carbons (Fsp3) is 0.625. The quantitative estimate of drug-likeness (QED) is 0.896. The van der Waals surface area contributed by atoms with Crippen LogP contribution in [0.3, 0.4) is 0 Å². The minimum atomic E-state index is -0.351. The standard InChI is InChI=1S/C16H24ClFN2/c1-11-8-19-15(16(2,3)4)10-20(11)9-12-5-6-14(18)13(17)7-12/h5-7,11,15,19H,8-10H2,1-4H3. The van der Waals surface area contributed by atoms with Crippen molar-refractivity contribution in [3.05, 3.63) is 34.6 Å². The van der Waals surface area contributed by atoms with E-state index < -0.39 is 0 Å². The van der Waals surface area contributed by atoms with Crippen molar-refractivity contribution in [3.8, 4) is 0 Å². The van der Waals surface area contributed by atoms with Crippen LogP contribution in [0, 0.1) is 11.2 Å². The average Bonchev–Trinajstić information content (AvgIpc) is 2.35. The maximum absolute atomic E-state index is 13.2. The Kier molecular flexibility index (Phi) is 4.73. The number of hydrogen-bond acceptors (Lipinski definition) is 2. The van der Waals surface area contributed by atoms with Gasteiger partial charge in [0.15, 0.2) is 0 Å². The summed E-state index contributed by atoms with van der Waals surface area (Å²) in [4.78, 5) is 2.44. The normalized spacial score (nSPS) is 24.9. The molecule has 0 amide bonds. The molecule has 1 heterocycles. The largest absolute Gasteiger partial charge is 0.311 e. The monoisotopic (exact) mass is 298 g/mol. The molecule has 0 aliphatic carbocycles. The van der Waals surface area contributed by atoms with Gasteiger partial charge in [-0.3, -0.25) is 4.90 Å². The van der Waals surface area contributed by atoms with Crippen molar-refractivity contribution in [1.82, 2.24) is 10.2 Å². The first kappa shape index (κ1) is 15.7. The number of benzene rings is 1. The van der Waals surface area contributed by atoms with E-state index in [2.05, 4.69) is 37.9 Å². The Balaban J connectivity index is 2.08. The maximum atomic E-state index is 13.2. The van der Waals surface area contributed by atoms with Gasteiger partial charge in [0.05, 0.1) is 5.02 Å². The van der Waals surface area contributed by atoms with Crippen molar-refractivity contribution in [2.75, 3.05) is 13.1 Å². The Morgan fingerprint density at radius 1 is 1.40 bits per heavy atom. The van der Waals surface area contributed by atoms with E-state index in [1.54, 1.807) is 6.07 Å². The van der Waals surface area contributed by atoms with Gasteiger partial charge in [-0.15, -0.1) is 0 Å². The molecule has 1 N–H and O–H groups in total. The van der Waals surface area contributed by atoms with Crippen LogP contribution in [0.1, 0.15) is 33.3 Å². The Hall–Kier alpha value is -0.640. The van der Waals surface area contributed by atoms with Crippen molar-refractivity contribution in [3.63, 3.8) is 0 Å². The van der Waals surface area contributed by atoms with Crippen LogP contribution >= 0.6 is 11.6 Å². The van der Waals surface area contributed by atoms with Gasteiger partial charge in [-0.2, -0.15) is 0 Å². The molecule has 1 aromatic carbocycles. The van der Waals surface area contributed by atoms with Crippen LogP contribution in [0.25, 0.3) is 0 Å². The second-order valence-electron chi connectivity index (χ2n) is 6.85. The third kappa shape index (κ3) is 3.72. The van der Waals surface area contributed by atoms with Crippen LogP contribution in [0.2, 0.25) is 5.02 Å². The van der Waals surface area contributed by atoms with Crippen molar-refractivity contribution in [1.29, 1.82) is 0 Å². The van der Waals surface area contributed by atoms with Gasteiger partial charge in [0.25, 0.3) is 0 Å². The topological polar surface area (TPSA) is 15.3 Å². The molecule has 0 radical (unpaired) electrons. The van der Waals surface area contributed by atoms with E-state index in [0.29, 0.717) is 12.1 Å². The van der Waals surface area contributed by atoms with Crippen molar-refractivity contribution in [2.24, 2.45) is 5.41 Å². The minimum absolute atomic E-state index is 0.206. The first-order valence-electron chi connectivity index (χ1n) is 7.18. The Bertz CT molecular complexity index is 470. The Labute approximate surface area is 126 Å². The smallest absolute Gasteiger partial charge is 0.141 e. The lowest BCUT2D eigenvalue weighted by molar-refractivity contribution is 0.0877. The zero-order valence-corrected chi connectivity index (χ0v) is 13.5. The Morgan fingerprint density at radius 3 is 2.70 bits per heavy atom. The first-order chi connectivity index (χ1) is 9.27. The molecule has 1 aliphatic rings. The lowest BCUT2D eigenvalue weighted by Gasteiger charge is -2.44. The van der Waals surface area contributed by atoms with E-state index in [4.69, 9.17) is 11.6 Å². The SMILES string of the molecule is CC1CNC(C(C)(C)C)CN1Cc1ccc(F)c(Cl)c1. The van der Waals surface area contributed by atoms with Gasteiger partial charge < -0.3 is 5.32 Å². The number of nitrogens with one attached hydrogen (secondary N) is 1. The molecule has 1 aromatic rings. The summed E-state index contributed by atoms with van der Waals surface area (Å²) in [5, 5.41) is 3.82. The number of hydrogen-bond donors (Lipinski definition) is 1. The highest BCUT2D eigenvalue weighted by molar-refractivity contribution is 6.30. The summed E-state index contributed by atoms with van der Waals surface area (Å²) in [5.41, 5.74) is 1.30. The molecule has 1 fully saturated rings. The van der Waals surface area contributed by atoms with Gasteiger partial charge in [-0.1, -0.05) is 38.4 Å².